The summed E-state index contributed by atoms with van der Waals surface area (Å²) in [5.74, 6) is -2.38. The zero-order valence-corrected chi connectivity index (χ0v) is 18.0. The third kappa shape index (κ3) is 7.60. The van der Waals surface area contributed by atoms with Gasteiger partial charge in [-0.05, 0) is 44.9 Å². The molecule has 0 aliphatic heterocycles. The Balaban J connectivity index is 2.62. The molecule has 1 aromatic rings. The maximum Gasteiger partial charge on any atom is 0.419 e. The van der Waals surface area contributed by atoms with Crippen LogP contribution < -0.4 is 4.74 Å². The Labute approximate surface area is 173 Å². The van der Waals surface area contributed by atoms with Gasteiger partial charge >= 0.3 is 12.1 Å². The Kier molecular flexibility index (Phi) is 8.85. The van der Waals surface area contributed by atoms with Crippen molar-refractivity contribution in [3.63, 3.8) is 0 Å². The van der Waals surface area contributed by atoms with Crippen LogP contribution in [-0.4, -0.2) is 46.2 Å². The highest BCUT2D eigenvalue weighted by molar-refractivity contribution is 7.86. The van der Waals surface area contributed by atoms with Gasteiger partial charge in [-0.15, -0.1) is 0 Å². The van der Waals surface area contributed by atoms with E-state index in [4.69, 9.17) is 4.74 Å². The molecule has 0 aliphatic rings. The van der Waals surface area contributed by atoms with Crippen LogP contribution in [0.15, 0.2) is 18.2 Å². The third-order valence-electron chi connectivity index (χ3n) is 4.40. The molecule has 0 heterocycles. The van der Waals surface area contributed by atoms with Gasteiger partial charge in [-0.2, -0.15) is 21.6 Å². The number of hydrogen-bond acceptors (Lipinski definition) is 7. The maximum absolute atomic E-state index is 13.0. The number of alkyl halides is 3. The van der Waals surface area contributed by atoms with Crippen LogP contribution in [0.2, 0.25) is 0 Å². The lowest BCUT2D eigenvalue weighted by Crippen LogP contribution is -2.26. The van der Waals surface area contributed by atoms with Gasteiger partial charge < -0.3 is 9.47 Å². The Morgan fingerprint density at radius 3 is 2.30 bits per heavy atom. The molecule has 0 fully saturated rings. The Morgan fingerprint density at radius 1 is 1.13 bits per heavy atom. The quantitative estimate of drug-likeness (QED) is 0.218. The van der Waals surface area contributed by atoms with E-state index in [1.807, 2.05) is 6.92 Å². The molecule has 7 nitrogen and oxygen atoms in total. The summed E-state index contributed by atoms with van der Waals surface area (Å²) in [6.07, 6.45) is -4.25. The van der Waals surface area contributed by atoms with E-state index in [-0.39, 0.29) is 18.6 Å². The molecule has 0 spiro atoms. The molecular weight excluding hydrogens is 429 g/mol. The van der Waals surface area contributed by atoms with Crippen LogP contribution in [0.25, 0.3) is 0 Å². The fourth-order valence-electron chi connectivity index (χ4n) is 2.13. The third-order valence-corrected chi connectivity index (χ3v) is 5.67. The van der Waals surface area contributed by atoms with Gasteiger partial charge in [-0.1, -0.05) is 6.92 Å². The van der Waals surface area contributed by atoms with Gasteiger partial charge in [0.2, 0.25) is 0 Å². The second-order valence-corrected chi connectivity index (χ2v) is 8.85. The van der Waals surface area contributed by atoms with Crippen LogP contribution in [0.4, 0.5) is 13.2 Å². The molecule has 0 saturated carbocycles. The molecule has 170 valence electrons. The van der Waals surface area contributed by atoms with E-state index in [9.17, 15) is 31.2 Å². The van der Waals surface area contributed by atoms with Crippen LogP contribution in [0, 0.1) is 5.41 Å². The van der Waals surface area contributed by atoms with Crippen molar-refractivity contribution in [1.29, 1.82) is 0 Å². The lowest BCUT2D eigenvalue weighted by molar-refractivity contribution is -0.154. The van der Waals surface area contributed by atoms with Crippen molar-refractivity contribution < 1.29 is 44.8 Å². The molecule has 0 N–H and O–H groups in total. The number of benzene rings is 1. The Bertz CT molecular complexity index is 861. The largest absolute Gasteiger partial charge is 0.496 e. The lowest BCUT2D eigenvalue weighted by Gasteiger charge is -2.20. The second-order valence-electron chi connectivity index (χ2n) is 7.09. The molecule has 0 atom stereocenters. The van der Waals surface area contributed by atoms with Gasteiger partial charge in [0.1, 0.15) is 12.4 Å². The molecule has 0 unspecified atom stereocenters. The first kappa shape index (κ1) is 25.9. The first-order valence-corrected chi connectivity index (χ1v) is 10.6. The van der Waals surface area contributed by atoms with Crippen molar-refractivity contribution in [3.8, 4) is 5.75 Å². The summed E-state index contributed by atoms with van der Waals surface area (Å²) in [4.78, 5) is 23.9. The number of carbonyl (C=O) groups excluding carboxylic acids is 2. The van der Waals surface area contributed by atoms with Gasteiger partial charge in [-0.25, -0.2) is 0 Å². The Morgan fingerprint density at radius 2 is 1.77 bits per heavy atom. The highest BCUT2D eigenvalue weighted by atomic mass is 32.2. The Hall–Kier alpha value is -2.14. The first-order valence-electron chi connectivity index (χ1n) is 9.06. The van der Waals surface area contributed by atoms with E-state index in [2.05, 4.69) is 8.92 Å². The fraction of sp³-hybridized carbons (Fsp3) is 0.579. The lowest BCUT2D eigenvalue weighted by atomic mass is 9.91. The number of carbonyl (C=O) groups is 2. The van der Waals surface area contributed by atoms with Crippen molar-refractivity contribution in [2.24, 2.45) is 5.41 Å². The average molecular weight is 454 g/mol. The number of methoxy groups -OCH3 is 1. The highest BCUT2D eigenvalue weighted by Gasteiger charge is 2.35. The molecule has 11 heteroatoms. The van der Waals surface area contributed by atoms with E-state index >= 15 is 0 Å². The standard InChI is InChI=1S/C19H25F3O7S/c1-5-18(2,3)17(24)28-9-6-10-30(25,26)29-12-15(23)13-7-8-16(27-4)14(11-13)19(20,21)22/h7-8,11H,5-6,9-10,12H2,1-4H3. The van der Waals surface area contributed by atoms with Crippen LogP contribution in [-0.2, 0) is 30.0 Å². The summed E-state index contributed by atoms with van der Waals surface area (Å²) in [6.45, 7) is 4.12. The summed E-state index contributed by atoms with van der Waals surface area (Å²) in [5, 5.41) is 0. The van der Waals surface area contributed by atoms with Crippen LogP contribution in [0.5, 0.6) is 5.75 Å². The number of esters is 1. The van der Waals surface area contributed by atoms with Crippen LogP contribution >= 0.6 is 0 Å². The zero-order chi connectivity index (χ0) is 23.2. The molecule has 0 bridgehead atoms. The van der Waals surface area contributed by atoms with E-state index in [0.717, 1.165) is 19.2 Å². The van der Waals surface area contributed by atoms with Crippen molar-refractivity contribution >= 4 is 21.9 Å². The van der Waals surface area contributed by atoms with Gasteiger partial charge in [0.25, 0.3) is 10.1 Å². The van der Waals surface area contributed by atoms with Gasteiger partial charge in [0.05, 0.1) is 30.4 Å². The van der Waals surface area contributed by atoms with Crippen molar-refractivity contribution in [2.75, 3.05) is 26.1 Å². The zero-order valence-electron chi connectivity index (χ0n) is 17.2. The fourth-order valence-corrected chi connectivity index (χ4v) is 3.00. The average Bonchev–Trinajstić information content (AvgIpc) is 2.68. The smallest absolute Gasteiger partial charge is 0.419 e. The minimum absolute atomic E-state index is 0.0528. The summed E-state index contributed by atoms with van der Waals surface area (Å²) in [7, 11) is -3.08. The highest BCUT2D eigenvalue weighted by Crippen LogP contribution is 2.36. The van der Waals surface area contributed by atoms with E-state index < -0.39 is 57.1 Å². The minimum atomic E-state index is -4.75. The molecule has 0 amide bonds. The summed E-state index contributed by atoms with van der Waals surface area (Å²) in [5.41, 5.74) is -2.21. The normalized spacial score (nSPS) is 12.5. The molecular formula is C19H25F3O7S. The first-order chi connectivity index (χ1) is 13.7. The minimum Gasteiger partial charge on any atom is -0.496 e. The topological polar surface area (TPSA) is 96.0 Å². The van der Waals surface area contributed by atoms with E-state index in [1.165, 1.54) is 0 Å². The number of ether oxygens (including phenoxy) is 2. The van der Waals surface area contributed by atoms with E-state index in [0.29, 0.717) is 12.5 Å². The molecule has 0 aliphatic carbocycles. The number of ketones is 1. The number of rotatable bonds is 11. The number of halogens is 3. The van der Waals surface area contributed by atoms with Gasteiger partial charge in [-0.3, -0.25) is 13.8 Å². The van der Waals surface area contributed by atoms with Crippen LogP contribution in [0.1, 0.15) is 49.5 Å². The number of hydrogen-bond donors (Lipinski definition) is 0. The predicted octanol–water partition coefficient (Wildman–Crippen LogP) is 3.61. The summed E-state index contributed by atoms with van der Waals surface area (Å²) >= 11 is 0. The molecule has 1 aromatic carbocycles. The second kappa shape index (κ2) is 10.3. The van der Waals surface area contributed by atoms with Gasteiger partial charge in [0, 0.05) is 5.56 Å². The molecule has 0 radical (unpaired) electrons. The van der Waals surface area contributed by atoms with Crippen molar-refractivity contribution in [2.45, 2.75) is 39.8 Å². The number of Topliss-reactive ketones (excluding diaryl/α,β-unsaturated/α-hetero) is 1. The van der Waals surface area contributed by atoms with Gasteiger partial charge in [0.15, 0.2) is 5.78 Å². The monoisotopic (exact) mass is 454 g/mol. The maximum atomic E-state index is 13.0. The van der Waals surface area contributed by atoms with Crippen molar-refractivity contribution in [3.05, 3.63) is 29.3 Å². The summed E-state index contributed by atoms with van der Waals surface area (Å²) < 4.78 is 77.1. The van der Waals surface area contributed by atoms with Crippen LogP contribution in [0.3, 0.4) is 0 Å². The molecule has 30 heavy (non-hydrogen) atoms. The predicted molar refractivity (Wildman–Crippen MR) is 102 cm³/mol. The van der Waals surface area contributed by atoms with E-state index in [1.54, 1.807) is 13.8 Å². The summed E-state index contributed by atoms with van der Waals surface area (Å²) in [6, 6.07) is 2.63. The van der Waals surface area contributed by atoms with Crippen molar-refractivity contribution in [1.82, 2.24) is 0 Å². The molecule has 0 saturated heterocycles. The SMILES string of the molecule is CCC(C)(C)C(=O)OCCCS(=O)(=O)OCC(=O)c1ccc(OC)c(C(F)(F)F)c1. The molecule has 1 rings (SSSR count). The molecule has 0 aromatic heterocycles.